The first-order chi connectivity index (χ1) is 13.0. The molecule has 0 saturated carbocycles. The highest BCUT2D eigenvalue weighted by atomic mass is 16.5. The molecule has 0 aliphatic carbocycles. The Morgan fingerprint density at radius 1 is 1.22 bits per heavy atom. The van der Waals surface area contributed by atoms with Crippen LogP contribution in [0.5, 0.6) is 0 Å². The third kappa shape index (κ3) is 3.04. The van der Waals surface area contributed by atoms with E-state index in [-0.39, 0.29) is 18.2 Å². The number of aromatic nitrogens is 2. The number of para-hydroxylation sites is 1. The number of fused-ring (bicyclic) bond motifs is 3. The second-order valence-electron chi connectivity index (χ2n) is 7.19. The number of hydrogen-bond donors (Lipinski definition) is 0. The van der Waals surface area contributed by atoms with Gasteiger partial charge in [-0.3, -0.25) is 0 Å². The number of carbonyl (C=O) groups is 1. The lowest BCUT2D eigenvalue weighted by molar-refractivity contribution is -0.00558. The van der Waals surface area contributed by atoms with Crippen LogP contribution in [0.3, 0.4) is 0 Å². The fourth-order valence-corrected chi connectivity index (χ4v) is 4.01. The Kier molecular flexibility index (Phi) is 4.52. The molecule has 2 aromatic heterocycles. The van der Waals surface area contributed by atoms with Gasteiger partial charge in [0.1, 0.15) is 17.0 Å². The van der Waals surface area contributed by atoms with Crippen molar-refractivity contribution in [1.29, 1.82) is 0 Å². The molecule has 3 heterocycles. The third-order valence-electron chi connectivity index (χ3n) is 5.07. The zero-order chi connectivity index (χ0) is 19.1. The van der Waals surface area contributed by atoms with E-state index in [1.54, 1.807) is 0 Å². The molecule has 1 aliphatic rings. The van der Waals surface area contributed by atoms with Crippen molar-refractivity contribution in [2.24, 2.45) is 7.05 Å². The van der Waals surface area contributed by atoms with Gasteiger partial charge in [-0.15, -0.1) is 0 Å². The number of ether oxygens (including phenoxy) is 2. The number of carbonyl (C=O) groups excluding carboxylic acids is 1. The molecule has 0 bridgehead atoms. The van der Waals surface area contributed by atoms with Crippen LogP contribution in [0.15, 0.2) is 30.3 Å². The number of morpholine rings is 1. The van der Waals surface area contributed by atoms with Gasteiger partial charge in [-0.1, -0.05) is 18.2 Å². The van der Waals surface area contributed by atoms with Crippen LogP contribution in [-0.4, -0.2) is 47.4 Å². The van der Waals surface area contributed by atoms with E-state index in [1.807, 2.05) is 46.0 Å². The number of anilines is 1. The van der Waals surface area contributed by atoms with E-state index in [0.717, 1.165) is 21.9 Å². The molecule has 1 aromatic carbocycles. The van der Waals surface area contributed by atoms with Gasteiger partial charge in [0.25, 0.3) is 0 Å². The summed E-state index contributed by atoms with van der Waals surface area (Å²) >= 11 is 0. The molecular formula is C21H25N3O3. The van der Waals surface area contributed by atoms with E-state index in [1.165, 1.54) is 0 Å². The first kappa shape index (κ1) is 17.8. The average Bonchev–Trinajstić information content (AvgIpc) is 2.92. The Labute approximate surface area is 158 Å². The van der Waals surface area contributed by atoms with Gasteiger partial charge >= 0.3 is 5.97 Å². The second-order valence-corrected chi connectivity index (χ2v) is 7.19. The Morgan fingerprint density at radius 3 is 2.63 bits per heavy atom. The van der Waals surface area contributed by atoms with Crippen LogP contribution < -0.4 is 4.90 Å². The predicted octanol–water partition coefficient (Wildman–Crippen LogP) is 3.52. The average molecular weight is 367 g/mol. The Morgan fingerprint density at radius 2 is 1.93 bits per heavy atom. The lowest BCUT2D eigenvalue weighted by Crippen LogP contribution is -2.46. The highest BCUT2D eigenvalue weighted by Gasteiger charge is 2.28. The SMILES string of the molecule is CCOC(=O)c1cc2c3ccccc3n(C)c2nc1N1C[C@H](C)O[C@@H](C)C1. The van der Waals surface area contributed by atoms with E-state index in [4.69, 9.17) is 14.5 Å². The summed E-state index contributed by atoms with van der Waals surface area (Å²) in [6, 6.07) is 10.1. The van der Waals surface area contributed by atoms with E-state index in [0.29, 0.717) is 31.1 Å². The molecule has 1 fully saturated rings. The van der Waals surface area contributed by atoms with Crippen molar-refractivity contribution in [3.05, 3.63) is 35.9 Å². The summed E-state index contributed by atoms with van der Waals surface area (Å²) < 4.78 is 13.3. The molecule has 1 saturated heterocycles. The van der Waals surface area contributed by atoms with Crippen LogP contribution in [0.2, 0.25) is 0 Å². The lowest BCUT2D eigenvalue weighted by Gasteiger charge is -2.36. The largest absolute Gasteiger partial charge is 0.462 e. The minimum atomic E-state index is -0.332. The monoisotopic (exact) mass is 367 g/mol. The van der Waals surface area contributed by atoms with Gasteiger partial charge in [0.2, 0.25) is 0 Å². The first-order valence-electron chi connectivity index (χ1n) is 9.45. The Bertz CT molecular complexity index is 1000. The Hall–Kier alpha value is -2.60. The van der Waals surface area contributed by atoms with Crippen molar-refractivity contribution in [1.82, 2.24) is 9.55 Å². The molecule has 0 radical (unpaired) electrons. The van der Waals surface area contributed by atoms with Crippen molar-refractivity contribution in [2.75, 3.05) is 24.6 Å². The van der Waals surface area contributed by atoms with Gasteiger partial charge in [0, 0.05) is 30.9 Å². The Balaban J connectivity index is 1.95. The molecular weight excluding hydrogens is 342 g/mol. The molecule has 27 heavy (non-hydrogen) atoms. The number of esters is 1. The van der Waals surface area contributed by atoms with Crippen molar-refractivity contribution in [3.63, 3.8) is 0 Å². The predicted molar refractivity (Wildman–Crippen MR) is 106 cm³/mol. The summed E-state index contributed by atoms with van der Waals surface area (Å²) in [5.74, 6) is 0.343. The van der Waals surface area contributed by atoms with Crippen LogP contribution in [0, 0.1) is 0 Å². The molecule has 2 atom stereocenters. The molecule has 6 nitrogen and oxygen atoms in total. The van der Waals surface area contributed by atoms with Crippen molar-refractivity contribution < 1.29 is 14.3 Å². The van der Waals surface area contributed by atoms with Crippen LogP contribution in [0.4, 0.5) is 5.82 Å². The van der Waals surface area contributed by atoms with Gasteiger partial charge in [-0.25, -0.2) is 9.78 Å². The van der Waals surface area contributed by atoms with Crippen LogP contribution in [-0.2, 0) is 16.5 Å². The van der Waals surface area contributed by atoms with E-state index in [9.17, 15) is 4.79 Å². The molecule has 3 aromatic rings. The molecule has 1 aliphatic heterocycles. The maximum atomic E-state index is 12.7. The summed E-state index contributed by atoms with van der Waals surface area (Å²) in [6.45, 7) is 7.63. The molecule has 4 rings (SSSR count). The maximum Gasteiger partial charge on any atom is 0.341 e. The molecule has 0 amide bonds. The molecule has 0 spiro atoms. The fraction of sp³-hybridized carbons (Fsp3) is 0.429. The van der Waals surface area contributed by atoms with Gasteiger partial charge < -0.3 is 18.9 Å². The zero-order valence-electron chi connectivity index (χ0n) is 16.2. The van der Waals surface area contributed by atoms with Crippen molar-refractivity contribution in [3.8, 4) is 0 Å². The van der Waals surface area contributed by atoms with Crippen molar-refractivity contribution >= 4 is 33.7 Å². The summed E-state index contributed by atoms with van der Waals surface area (Å²) in [7, 11) is 2.01. The maximum absolute atomic E-state index is 12.7. The van der Waals surface area contributed by atoms with E-state index in [2.05, 4.69) is 21.6 Å². The molecule has 0 N–H and O–H groups in total. The van der Waals surface area contributed by atoms with Gasteiger partial charge in [-0.2, -0.15) is 0 Å². The standard InChI is InChI=1S/C21H25N3O3/c1-5-26-21(25)17-10-16-15-8-6-7-9-18(15)23(4)19(16)22-20(17)24-11-13(2)27-14(3)12-24/h6-10,13-14H,5,11-12H2,1-4H3/t13-,14-/m0/s1. The minimum Gasteiger partial charge on any atom is -0.462 e. The third-order valence-corrected chi connectivity index (χ3v) is 5.07. The number of hydrogen-bond acceptors (Lipinski definition) is 5. The zero-order valence-corrected chi connectivity index (χ0v) is 16.2. The number of pyridine rings is 1. The second kappa shape index (κ2) is 6.85. The highest BCUT2D eigenvalue weighted by Crippen LogP contribution is 2.32. The topological polar surface area (TPSA) is 56.6 Å². The van der Waals surface area contributed by atoms with Crippen LogP contribution >= 0.6 is 0 Å². The van der Waals surface area contributed by atoms with Crippen molar-refractivity contribution in [2.45, 2.75) is 33.0 Å². The summed E-state index contributed by atoms with van der Waals surface area (Å²) in [6.07, 6.45) is 0.155. The number of nitrogens with zero attached hydrogens (tertiary/aromatic N) is 3. The van der Waals surface area contributed by atoms with Crippen LogP contribution in [0.25, 0.3) is 21.9 Å². The summed E-state index contributed by atoms with van der Waals surface area (Å²) in [5, 5.41) is 2.05. The molecule has 0 unspecified atom stereocenters. The van der Waals surface area contributed by atoms with E-state index < -0.39 is 0 Å². The van der Waals surface area contributed by atoms with Gasteiger partial charge in [-0.05, 0) is 32.9 Å². The normalized spacial score (nSPS) is 20.4. The van der Waals surface area contributed by atoms with E-state index >= 15 is 0 Å². The molecule has 6 heteroatoms. The van der Waals surface area contributed by atoms with Gasteiger partial charge in [0.05, 0.1) is 24.3 Å². The lowest BCUT2D eigenvalue weighted by atomic mass is 10.1. The highest BCUT2D eigenvalue weighted by molar-refractivity contribution is 6.10. The molecule has 142 valence electrons. The van der Waals surface area contributed by atoms with Crippen LogP contribution in [0.1, 0.15) is 31.1 Å². The quantitative estimate of drug-likeness (QED) is 0.663. The number of benzene rings is 1. The first-order valence-corrected chi connectivity index (χ1v) is 9.45. The number of aryl methyl sites for hydroxylation is 1. The minimum absolute atomic E-state index is 0.0776. The number of rotatable bonds is 3. The summed E-state index contributed by atoms with van der Waals surface area (Å²) in [4.78, 5) is 19.8. The van der Waals surface area contributed by atoms with Gasteiger partial charge in [0.15, 0.2) is 0 Å². The fourth-order valence-electron chi connectivity index (χ4n) is 4.01. The smallest absolute Gasteiger partial charge is 0.341 e. The summed E-state index contributed by atoms with van der Waals surface area (Å²) in [5.41, 5.74) is 2.48.